The van der Waals surface area contributed by atoms with Gasteiger partial charge in [0, 0.05) is 29.6 Å². The SMILES string of the molecule is Cc1ccc(NC(=O)c2ccc(CN(C)C)c(C(F)(F)F)c2)cc1C(=O)Nc1cccnc1. The zero-order valence-corrected chi connectivity index (χ0v) is 18.3. The summed E-state index contributed by atoms with van der Waals surface area (Å²) in [7, 11) is 3.33. The van der Waals surface area contributed by atoms with Crippen LogP contribution in [-0.2, 0) is 12.7 Å². The Kier molecular flexibility index (Phi) is 7.13. The van der Waals surface area contributed by atoms with Crippen LogP contribution in [0.4, 0.5) is 24.5 Å². The minimum atomic E-state index is -4.59. The first-order valence-electron chi connectivity index (χ1n) is 10.0. The predicted octanol–water partition coefficient (Wildman–Crippen LogP) is 4.98. The number of pyridine rings is 1. The molecule has 9 heteroatoms. The highest BCUT2D eigenvalue weighted by atomic mass is 19.4. The van der Waals surface area contributed by atoms with Crippen LogP contribution in [0.3, 0.4) is 0 Å². The van der Waals surface area contributed by atoms with E-state index in [1.54, 1.807) is 56.4 Å². The zero-order chi connectivity index (χ0) is 24.2. The minimum Gasteiger partial charge on any atom is -0.322 e. The average Bonchev–Trinajstić information content (AvgIpc) is 2.74. The number of aryl methyl sites for hydroxylation is 1. The standard InChI is InChI=1S/C24H23F3N4O2/c1-15-6-9-18(12-20(15)23(33)30-19-5-4-10-28-13-19)29-22(32)16-7-8-17(14-31(2)3)21(11-16)24(25,26)27/h4-13H,14H2,1-3H3,(H,29,32)(H,30,33). The Morgan fingerprint density at radius 3 is 2.33 bits per heavy atom. The number of nitrogens with one attached hydrogen (secondary N) is 2. The van der Waals surface area contributed by atoms with Gasteiger partial charge in [0.1, 0.15) is 0 Å². The number of benzene rings is 2. The van der Waals surface area contributed by atoms with E-state index in [2.05, 4.69) is 15.6 Å². The molecule has 0 aliphatic rings. The molecule has 2 N–H and O–H groups in total. The normalized spacial score (nSPS) is 11.4. The number of amides is 2. The fourth-order valence-corrected chi connectivity index (χ4v) is 3.24. The van der Waals surface area contributed by atoms with Crippen LogP contribution < -0.4 is 10.6 Å². The van der Waals surface area contributed by atoms with E-state index in [0.29, 0.717) is 16.8 Å². The van der Waals surface area contributed by atoms with E-state index in [1.807, 2.05) is 0 Å². The van der Waals surface area contributed by atoms with Crippen molar-refractivity contribution in [2.75, 3.05) is 24.7 Å². The second-order valence-corrected chi connectivity index (χ2v) is 7.79. The van der Waals surface area contributed by atoms with Crippen LogP contribution in [-0.4, -0.2) is 35.8 Å². The van der Waals surface area contributed by atoms with E-state index in [9.17, 15) is 22.8 Å². The topological polar surface area (TPSA) is 74.3 Å². The third-order valence-electron chi connectivity index (χ3n) is 4.82. The highest BCUT2D eigenvalue weighted by Gasteiger charge is 2.34. The Hall–Kier alpha value is -3.72. The summed E-state index contributed by atoms with van der Waals surface area (Å²) in [6.45, 7) is 1.83. The van der Waals surface area contributed by atoms with E-state index in [1.165, 1.54) is 24.4 Å². The molecule has 1 heterocycles. The van der Waals surface area contributed by atoms with Gasteiger partial charge in [-0.15, -0.1) is 0 Å². The second kappa shape index (κ2) is 9.83. The number of hydrogen-bond acceptors (Lipinski definition) is 4. The van der Waals surface area contributed by atoms with Crippen molar-refractivity contribution in [1.82, 2.24) is 9.88 Å². The van der Waals surface area contributed by atoms with Gasteiger partial charge in [0.2, 0.25) is 0 Å². The molecule has 1 aromatic heterocycles. The Morgan fingerprint density at radius 2 is 1.70 bits per heavy atom. The molecular weight excluding hydrogens is 433 g/mol. The molecule has 0 atom stereocenters. The van der Waals surface area contributed by atoms with Crippen molar-refractivity contribution in [2.24, 2.45) is 0 Å². The summed E-state index contributed by atoms with van der Waals surface area (Å²) in [6.07, 6.45) is -1.52. The van der Waals surface area contributed by atoms with Crippen molar-refractivity contribution in [3.63, 3.8) is 0 Å². The lowest BCUT2D eigenvalue weighted by Crippen LogP contribution is -2.19. The molecule has 0 radical (unpaired) electrons. The summed E-state index contributed by atoms with van der Waals surface area (Å²) in [5.74, 6) is -1.11. The van der Waals surface area contributed by atoms with Gasteiger partial charge in [0.15, 0.2) is 0 Å². The van der Waals surface area contributed by atoms with Crippen molar-refractivity contribution >= 4 is 23.2 Å². The number of carbonyl (C=O) groups excluding carboxylic acids is 2. The van der Waals surface area contributed by atoms with E-state index < -0.39 is 23.6 Å². The summed E-state index contributed by atoms with van der Waals surface area (Å²) in [6, 6.07) is 11.6. The van der Waals surface area contributed by atoms with Gasteiger partial charge in [0.05, 0.1) is 17.4 Å². The molecule has 172 valence electrons. The van der Waals surface area contributed by atoms with Crippen LogP contribution in [0.2, 0.25) is 0 Å². The summed E-state index contributed by atoms with van der Waals surface area (Å²) >= 11 is 0. The maximum absolute atomic E-state index is 13.5. The molecule has 2 amide bonds. The van der Waals surface area contributed by atoms with Crippen molar-refractivity contribution in [3.8, 4) is 0 Å². The van der Waals surface area contributed by atoms with E-state index in [0.717, 1.165) is 6.07 Å². The van der Waals surface area contributed by atoms with Gasteiger partial charge in [-0.05, 0) is 68.5 Å². The van der Waals surface area contributed by atoms with Gasteiger partial charge in [0.25, 0.3) is 11.8 Å². The monoisotopic (exact) mass is 456 g/mol. The van der Waals surface area contributed by atoms with Gasteiger partial charge < -0.3 is 15.5 Å². The minimum absolute atomic E-state index is 0.0775. The molecule has 0 spiro atoms. The fraction of sp³-hybridized carbons (Fsp3) is 0.208. The Bertz CT molecular complexity index is 1160. The van der Waals surface area contributed by atoms with Crippen molar-refractivity contribution in [3.05, 3.63) is 88.7 Å². The Balaban J connectivity index is 1.83. The third-order valence-corrected chi connectivity index (χ3v) is 4.82. The average molecular weight is 456 g/mol. The number of rotatable bonds is 6. The van der Waals surface area contributed by atoms with Crippen LogP contribution in [0.15, 0.2) is 60.9 Å². The van der Waals surface area contributed by atoms with Crippen LogP contribution in [0.5, 0.6) is 0 Å². The molecule has 0 unspecified atom stereocenters. The quantitative estimate of drug-likeness (QED) is 0.549. The lowest BCUT2D eigenvalue weighted by molar-refractivity contribution is -0.138. The summed E-state index contributed by atoms with van der Waals surface area (Å²) in [5.41, 5.74) is 0.863. The first kappa shape index (κ1) is 23.9. The lowest BCUT2D eigenvalue weighted by atomic mass is 10.0. The van der Waals surface area contributed by atoms with Crippen LogP contribution in [0, 0.1) is 6.92 Å². The first-order chi connectivity index (χ1) is 15.5. The Morgan fingerprint density at radius 1 is 0.970 bits per heavy atom. The molecule has 6 nitrogen and oxygen atoms in total. The molecule has 0 aliphatic heterocycles. The number of alkyl halides is 3. The maximum Gasteiger partial charge on any atom is 0.416 e. The van der Waals surface area contributed by atoms with Gasteiger partial charge in [-0.3, -0.25) is 14.6 Å². The molecule has 2 aromatic carbocycles. The number of nitrogens with zero attached hydrogens (tertiary/aromatic N) is 2. The molecule has 0 saturated carbocycles. The van der Waals surface area contributed by atoms with Gasteiger partial charge in [-0.1, -0.05) is 12.1 Å². The summed E-state index contributed by atoms with van der Waals surface area (Å²) in [5, 5.41) is 5.29. The van der Waals surface area contributed by atoms with Crippen LogP contribution >= 0.6 is 0 Å². The molecular formula is C24H23F3N4O2. The Labute approximate surface area is 189 Å². The van der Waals surface area contributed by atoms with E-state index in [-0.39, 0.29) is 23.4 Å². The third kappa shape index (κ3) is 6.17. The molecule has 0 saturated heterocycles. The maximum atomic E-state index is 13.5. The first-order valence-corrected chi connectivity index (χ1v) is 10.0. The van der Waals surface area contributed by atoms with E-state index in [4.69, 9.17) is 0 Å². The number of aromatic nitrogens is 1. The number of halogens is 3. The molecule has 0 bridgehead atoms. The van der Waals surface area contributed by atoms with Gasteiger partial charge in [-0.2, -0.15) is 13.2 Å². The highest BCUT2D eigenvalue weighted by molar-refractivity contribution is 6.08. The van der Waals surface area contributed by atoms with Gasteiger partial charge >= 0.3 is 6.18 Å². The van der Waals surface area contributed by atoms with Gasteiger partial charge in [-0.25, -0.2) is 0 Å². The summed E-state index contributed by atoms with van der Waals surface area (Å²) < 4.78 is 40.6. The number of hydrogen-bond donors (Lipinski definition) is 2. The summed E-state index contributed by atoms with van der Waals surface area (Å²) in [4.78, 5) is 30.9. The fourth-order valence-electron chi connectivity index (χ4n) is 3.24. The number of carbonyl (C=O) groups is 2. The predicted molar refractivity (Wildman–Crippen MR) is 120 cm³/mol. The van der Waals surface area contributed by atoms with Crippen LogP contribution in [0.1, 0.15) is 37.4 Å². The molecule has 3 rings (SSSR count). The molecule has 3 aromatic rings. The molecule has 0 aliphatic carbocycles. The van der Waals surface area contributed by atoms with Crippen molar-refractivity contribution in [2.45, 2.75) is 19.6 Å². The van der Waals surface area contributed by atoms with E-state index >= 15 is 0 Å². The highest BCUT2D eigenvalue weighted by Crippen LogP contribution is 2.33. The van der Waals surface area contributed by atoms with Crippen LogP contribution in [0.25, 0.3) is 0 Å². The zero-order valence-electron chi connectivity index (χ0n) is 18.3. The smallest absolute Gasteiger partial charge is 0.322 e. The lowest BCUT2D eigenvalue weighted by Gasteiger charge is -2.17. The molecule has 0 fully saturated rings. The number of anilines is 2. The molecule has 33 heavy (non-hydrogen) atoms. The second-order valence-electron chi connectivity index (χ2n) is 7.79. The van der Waals surface area contributed by atoms with Crippen molar-refractivity contribution < 1.29 is 22.8 Å². The van der Waals surface area contributed by atoms with Crippen molar-refractivity contribution in [1.29, 1.82) is 0 Å². The largest absolute Gasteiger partial charge is 0.416 e.